The second-order valence-corrected chi connectivity index (χ2v) is 5.69. The average Bonchev–Trinajstić information content (AvgIpc) is 2.56. The van der Waals surface area contributed by atoms with Crippen molar-refractivity contribution < 1.29 is 23.4 Å². The van der Waals surface area contributed by atoms with Crippen LogP contribution in [-0.4, -0.2) is 62.9 Å². The van der Waals surface area contributed by atoms with Gasteiger partial charge in [-0.15, -0.1) is 0 Å². The molecule has 23 heavy (non-hydrogen) atoms. The highest BCUT2D eigenvalue weighted by atomic mass is 19.3. The van der Waals surface area contributed by atoms with Crippen LogP contribution < -0.4 is 14.8 Å². The second kappa shape index (κ2) is 7.42. The number of piperazine rings is 1. The van der Waals surface area contributed by atoms with Gasteiger partial charge in [0, 0.05) is 26.2 Å². The summed E-state index contributed by atoms with van der Waals surface area (Å²) in [5, 5.41) is 12.4. The minimum Gasteiger partial charge on any atom is -0.496 e. The van der Waals surface area contributed by atoms with E-state index in [4.69, 9.17) is 9.47 Å². The van der Waals surface area contributed by atoms with Gasteiger partial charge in [-0.1, -0.05) is 0 Å². The Morgan fingerprint density at radius 2 is 1.74 bits per heavy atom. The summed E-state index contributed by atoms with van der Waals surface area (Å²) in [6.07, 6.45) is 0. The number of nitrogens with zero attached hydrogens (tertiary/aromatic N) is 1. The number of aliphatic hydroxyl groups is 1. The van der Waals surface area contributed by atoms with E-state index in [1.165, 1.54) is 14.2 Å². The third kappa shape index (κ3) is 3.73. The maximum absolute atomic E-state index is 14.6. The van der Waals surface area contributed by atoms with E-state index >= 15 is 0 Å². The number of alkyl halides is 2. The quantitative estimate of drug-likeness (QED) is 0.830. The van der Waals surface area contributed by atoms with Crippen LogP contribution in [0.3, 0.4) is 0 Å². The van der Waals surface area contributed by atoms with Crippen molar-refractivity contribution in [3.8, 4) is 11.5 Å². The first-order chi connectivity index (χ1) is 10.9. The number of benzene rings is 1. The molecule has 2 rings (SSSR count). The Hall–Kier alpha value is -1.44. The van der Waals surface area contributed by atoms with E-state index < -0.39 is 18.6 Å². The zero-order valence-electron chi connectivity index (χ0n) is 13.7. The van der Waals surface area contributed by atoms with E-state index in [2.05, 4.69) is 5.32 Å². The number of methoxy groups -OCH3 is 2. The highest BCUT2D eigenvalue weighted by Gasteiger charge is 2.46. The zero-order chi connectivity index (χ0) is 17.0. The minimum atomic E-state index is -3.31. The van der Waals surface area contributed by atoms with Crippen molar-refractivity contribution in [2.75, 3.05) is 47.0 Å². The molecular weight excluding hydrogens is 306 g/mol. The van der Waals surface area contributed by atoms with Crippen molar-refractivity contribution in [3.63, 3.8) is 0 Å². The van der Waals surface area contributed by atoms with Gasteiger partial charge in [-0.25, -0.2) is 8.78 Å². The van der Waals surface area contributed by atoms with Crippen molar-refractivity contribution in [2.24, 2.45) is 0 Å². The molecule has 0 aromatic heterocycles. The first-order valence-corrected chi connectivity index (χ1v) is 7.60. The van der Waals surface area contributed by atoms with E-state index in [0.29, 0.717) is 37.7 Å². The molecule has 0 saturated carbocycles. The van der Waals surface area contributed by atoms with Crippen molar-refractivity contribution in [3.05, 3.63) is 23.3 Å². The fourth-order valence-electron chi connectivity index (χ4n) is 3.03. The number of aryl methyl sites for hydroxylation is 1. The van der Waals surface area contributed by atoms with Crippen LogP contribution in [0.2, 0.25) is 0 Å². The maximum Gasteiger partial charge on any atom is 0.290 e. The lowest BCUT2D eigenvalue weighted by molar-refractivity contribution is -0.119. The summed E-state index contributed by atoms with van der Waals surface area (Å²) in [6, 6.07) is 2.11. The fraction of sp³-hybridized carbons (Fsp3) is 0.625. The first kappa shape index (κ1) is 17.9. The van der Waals surface area contributed by atoms with Gasteiger partial charge in [0.2, 0.25) is 0 Å². The first-order valence-electron chi connectivity index (χ1n) is 7.60. The van der Waals surface area contributed by atoms with Gasteiger partial charge in [0.15, 0.2) is 0 Å². The standard InChI is InChI=1S/C16H24F2N2O3/c1-11-8-12(22-2)14(13(9-11)23-3)15(16(17,18)10-21)20-6-4-19-5-7-20/h8-9,15,19,21H,4-7,10H2,1-3H3/t15-/m1/s1. The monoisotopic (exact) mass is 330 g/mol. The van der Waals surface area contributed by atoms with Crippen LogP contribution in [0.1, 0.15) is 17.2 Å². The average molecular weight is 330 g/mol. The highest BCUT2D eigenvalue weighted by Crippen LogP contribution is 2.45. The number of halogens is 2. The molecule has 0 spiro atoms. The molecule has 1 atom stereocenters. The van der Waals surface area contributed by atoms with Crippen LogP contribution >= 0.6 is 0 Å². The van der Waals surface area contributed by atoms with E-state index in [1.54, 1.807) is 17.0 Å². The Kier molecular flexibility index (Phi) is 5.78. The largest absolute Gasteiger partial charge is 0.496 e. The SMILES string of the molecule is COc1cc(C)cc(OC)c1[C@@H](N1CCNCC1)C(F)(F)CO. The predicted molar refractivity (Wildman–Crippen MR) is 83.5 cm³/mol. The zero-order valence-corrected chi connectivity index (χ0v) is 13.7. The van der Waals surface area contributed by atoms with Crippen molar-refractivity contribution in [1.82, 2.24) is 10.2 Å². The molecule has 2 N–H and O–H groups in total. The molecule has 1 aliphatic heterocycles. The van der Waals surface area contributed by atoms with E-state index in [9.17, 15) is 13.9 Å². The summed E-state index contributed by atoms with van der Waals surface area (Å²) in [7, 11) is 2.90. The van der Waals surface area contributed by atoms with Gasteiger partial charge in [-0.2, -0.15) is 0 Å². The molecule has 0 aliphatic carbocycles. The molecule has 0 amide bonds. The third-order valence-electron chi connectivity index (χ3n) is 4.09. The van der Waals surface area contributed by atoms with Gasteiger partial charge < -0.3 is 19.9 Å². The van der Waals surface area contributed by atoms with Gasteiger partial charge in [0.25, 0.3) is 5.92 Å². The number of ether oxygens (including phenoxy) is 2. The topological polar surface area (TPSA) is 54.0 Å². The summed E-state index contributed by atoms with van der Waals surface area (Å²) in [5.41, 5.74) is 1.13. The van der Waals surface area contributed by atoms with Gasteiger partial charge in [0.1, 0.15) is 24.1 Å². The molecule has 130 valence electrons. The molecule has 1 aromatic rings. The maximum atomic E-state index is 14.6. The fourth-order valence-corrected chi connectivity index (χ4v) is 3.03. The lowest BCUT2D eigenvalue weighted by atomic mass is 9.95. The molecule has 1 fully saturated rings. The van der Waals surface area contributed by atoms with Crippen LogP contribution in [-0.2, 0) is 0 Å². The Morgan fingerprint density at radius 3 is 2.17 bits per heavy atom. The number of nitrogens with one attached hydrogen (secondary N) is 1. The number of rotatable bonds is 6. The number of hydrogen-bond donors (Lipinski definition) is 2. The lowest BCUT2D eigenvalue weighted by Crippen LogP contribution is -2.51. The number of hydrogen-bond acceptors (Lipinski definition) is 5. The number of aliphatic hydroxyl groups excluding tert-OH is 1. The van der Waals surface area contributed by atoms with Crippen molar-refractivity contribution in [1.29, 1.82) is 0 Å². The molecule has 5 nitrogen and oxygen atoms in total. The van der Waals surface area contributed by atoms with Crippen LogP contribution in [0.4, 0.5) is 8.78 Å². The van der Waals surface area contributed by atoms with Gasteiger partial charge in [-0.05, 0) is 24.6 Å². The van der Waals surface area contributed by atoms with E-state index in [1.807, 2.05) is 6.92 Å². The molecule has 1 aliphatic rings. The van der Waals surface area contributed by atoms with Crippen LogP contribution in [0.25, 0.3) is 0 Å². The van der Waals surface area contributed by atoms with Crippen LogP contribution in [0.5, 0.6) is 11.5 Å². The van der Waals surface area contributed by atoms with E-state index in [-0.39, 0.29) is 5.56 Å². The summed E-state index contributed by atoms with van der Waals surface area (Å²) in [6.45, 7) is 2.77. The van der Waals surface area contributed by atoms with Crippen molar-refractivity contribution >= 4 is 0 Å². The Labute approximate surface area is 135 Å². The predicted octanol–water partition coefficient (Wildman–Crippen LogP) is 1.59. The molecule has 1 saturated heterocycles. The highest BCUT2D eigenvalue weighted by molar-refractivity contribution is 5.50. The summed E-state index contributed by atoms with van der Waals surface area (Å²) in [4.78, 5) is 1.67. The summed E-state index contributed by atoms with van der Waals surface area (Å²) < 4.78 is 39.9. The van der Waals surface area contributed by atoms with Gasteiger partial charge in [-0.3, -0.25) is 4.90 Å². The minimum absolute atomic E-state index is 0.279. The molecule has 0 radical (unpaired) electrons. The van der Waals surface area contributed by atoms with Crippen LogP contribution in [0.15, 0.2) is 12.1 Å². The Balaban J connectivity index is 2.58. The van der Waals surface area contributed by atoms with E-state index in [0.717, 1.165) is 5.56 Å². The molecule has 0 bridgehead atoms. The third-order valence-corrected chi connectivity index (χ3v) is 4.09. The molecule has 1 aromatic carbocycles. The molecule has 7 heteroatoms. The molecule has 0 unspecified atom stereocenters. The molecule has 1 heterocycles. The lowest BCUT2D eigenvalue weighted by Gasteiger charge is -2.39. The smallest absolute Gasteiger partial charge is 0.290 e. The van der Waals surface area contributed by atoms with Crippen molar-refractivity contribution in [2.45, 2.75) is 18.9 Å². The normalized spacial score (nSPS) is 17.8. The Morgan fingerprint density at radius 1 is 1.22 bits per heavy atom. The second-order valence-electron chi connectivity index (χ2n) is 5.69. The summed E-state index contributed by atoms with van der Waals surface area (Å²) in [5.74, 6) is -2.62. The van der Waals surface area contributed by atoms with Gasteiger partial charge in [0.05, 0.1) is 19.8 Å². The van der Waals surface area contributed by atoms with Crippen LogP contribution in [0, 0.1) is 6.92 Å². The summed E-state index contributed by atoms with van der Waals surface area (Å²) >= 11 is 0. The Bertz CT molecular complexity index is 509. The molecular formula is C16H24F2N2O3. The van der Waals surface area contributed by atoms with Gasteiger partial charge >= 0.3 is 0 Å².